The summed E-state index contributed by atoms with van der Waals surface area (Å²) in [6.07, 6.45) is 5.67. The van der Waals surface area contributed by atoms with Gasteiger partial charge in [0.2, 0.25) is 0 Å². The van der Waals surface area contributed by atoms with Crippen molar-refractivity contribution >= 4 is 10.2 Å². The van der Waals surface area contributed by atoms with Gasteiger partial charge in [0.05, 0.1) is 18.3 Å². The average Bonchev–Trinajstić information content (AvgIpc) is 2.77. The van der Waals surface area contributed by atoms with Gasteiger partial charge in [0.15, 0.2) is 0 Å². The molecule has 1 aliphatic heterocycles. The number of nitrogens with one attached hydrogen (secondary N) is 1. The summed E-state index contributed by atoms with van der Waals surface area (Å²) in [5.74, 6) is 0. The maximum absolute atomic E-state index is 12.5. The normalized spacial score (nSPS) is 19.1. The molecule has 1 aromatic heterocycles. The zero-order chi connectivity index (χ0) is 15.1. The van der Waals surface area contributed by atoms with Crippen LogP contribution in [0.15, 0.2) is 24.4 Å². The SMILES string of the molecule is COC[C@@H](NS(=O)(=O)N1CCCCCC1)c1ccccn1. The summed E-state index contributed by atoms with van der Waals surface area (Å²) in [4.78, 5) is 4.22. The van der Waals surface area contributed by atoms with E-state index < -0.39 is 16.3 Å². The van der Waals surface area contributed by atoms with Crippen LogP contribution in [0.3, 0.4) is 0 Å². The molecule has 0 spiro atoms. The number of rotatable bonds is 6. The Balaban J connectivity index is 2.11. The molecule has 2 rings (SSSR count). The van der Waals surface area contributed by atoms with E-state index in [2.05, 4.69) is 9.71 Å². The molecule has 1 aromatic rings. The molecular weight excluding hydrogens is 290 g/mol. The van der Waals surface area contributed by atoms with Crippen LogP contribution in [-0.4, -0.2) is 44.5 Å². The Morgan fingerprint density at radius 1 is 1.29 bits per heavy atom. The third-order valence-electron chi connectivity index (χ3n) is 3.57. The van der Waals surface area contributed by atoms with Crippen LogP contribution in [0.2, 0.25) is 0 Å². The lowest BCUT2D eigenvalue weighted by Gasteiger charge is -2.24. The van der Waals surface area contributed by atoms with Crippen molar-refractivity contribution in [1.29, 1.82) is 0 Å². The molecule has 6 nitrogen and oxygen atoms in total. The predicted octanol–water partition coefficient (Wildman–Crippen LogP) is 1.48. The minimum Gasteiger partial charge on any atom is -0.383 e. The van der Waals surface area contributed by atoms with E-state index in [0.29, 0.717) is 18.8 Å². The third-order valence-corrected chi connectivity index (χ3v) is 5.20. The van der Waals surface area contributed by atoms with Crippen molar-refractivity contribution in [3.8, 4) is 0 Å². The van der Waals surface area contributed by atoms with Crippen LogP contribution in [0.5, 0.6) is 0 Å². The Morgan fingerprint density at radius 3 is 2.57 bits per heavy atom. The quantitative estimate of drug-likeness (QED) is 0.863. The van der Waals surface area contributed by atoms with Crippen LogP contribution in [-0.2, 0) is 14.9 Å². The van der Waals surface area contributed by atoms with Gasteiger partial charge in [-0.05, 0) is 25.0 Å². The number of aromatic nitrogens is 1. The van der Waals surface area contributed by atoms with E-state index in [-0.39, 0.29) is 6.61 Å². The summed E-state index contributed by atoms with van der Waals surface area (Å²) >= 11 is 0. The van der Waals surface area contributed by atoms with Gasteiger partial charge in [-0.1, -0.05) is 18.9 Å². The largest absolute Gasteiger partial charge is 0.383 e. The Morgan fingerprint density at radius 2 is 2.00 bits per heavy atom. The lowest BCUT2D eigenvalue weighted by atomic mass is 10.2. The molecule has 0 aliphatic carbocycles. The number of methoxy groups -OCH3 is 1. The summed E-state index contributed by atoms with van der Waals surface area (Å²) in [6, 6.07) is 4.97. The van der Waals surface area contributed by atoms with Gasteiger partial charge in [-0.25, -0.2) is 0 Å². The van der Waals surface area contributed by atoms with Gasteiger partial charge in [-0.15, -0.1) is 0 Å². The molecule has 7 heteroatoms. The Bertz CT molecular complexity index is 514. The highest BCUT2D eigenvalue weighted by Gasteiger charge is 2.27. The van der Waals surface area contributed by atoms with Gasteiger partial charge >= 0.3 is 0 Å². The van der Waals surface area contributed by atoms with Gasteiger partial charge in [0.1, 0.15) is 0 Å². The zero-order valence-electron chi connectivity index (χ0n) is 12.4. The van der Waals surface area contributed by atoms with Crippen molar-refractivity contribution in [2.24, 2.45) is 0 Å². The molecule has 21 heavy (non-hydrogen) atoms. The van der Waals surface area contributed by atoms with E-state index in [1.54, 1.807) is 25.4 Å². The second-order valence-corrected chi connectivity index (χ2v) is 6.90. The first kappa shape index (κ1) is 16.4. The molecule has 1 aliphatic rings. The Labute approximate surface area is 126 Å². The molecule has 1 fully saturated rings. The summed E-state index contributed by atoms with van der Waals surface area (Å²) < 4.78 is 34.4. The van der Waals surface area contributed by atoms with Crippen molar-refractivity contribution in [3.05, 3.63) is 30.1 Å². The lowest BCUT2D eigenvalue weighted by molar-refractivity contribution is 0.173. The first-order chi connectivity index (χ1) is 10.1. The second kappa shape index (κ2) is 7.84. The molecule has 0 radical (unpaired) electrons. The summed E-state index contributed by atoms with van der Waals surface area (Å²) in [5, 5.41) is 0. The first-order valence-corrected chi connectivity index (χ1v) is 8.75. The van der Waals surface area contributed by atoms with Crippen LogP contribution in [0.25, 0.3) is 0 Å². The average molecular weight is 313 g/mol. The fourth-order valence-corrected chi connectivity index (χ4v) is 3.90. The molecule has 0 saturated carbocycles. The fraction of sp³-hybridized carbons (Fsp3) is 0.643. The summed E-state index contributed by atoms with van der Waals surface area (Å²) in [7, 11) is -1.96. The van der Waals surface area contributed by atoms with Gasteiger partial charge in [-0.3, -0.25) is 4.98 Å². The van der Waals surface area contributed by atoms with E-state index in [0.717, 1.165) is 25.7 Å². The molecular formula is C14H23N3O3S. The van der Waals surface area contributed by atoms with Gasteiger partial charge in [0.25, 0.3) is 10.2 Å². The van der Waals surface area contributed by atoms with Crippen LogP contribution in [0, 0.1) is 0 Å². The summed E-state index contributed by atoms with van der Waals surface area (Å²) in [6.45, 7) is 1.42. The van der Waals surface area contributed by atoms with Crippen molar-refractivity contribution in [2.45, 2.75) is 31.7 Å². The number of ether oxygens (including phenoxy) is 1. The van der Waals surface area contributed by atoms with E-state index in [1.807, 2.05) is 6.07 Å². The van der Waals surface area contributed by atoms with E-state index >= 15 is 0 Å². The number of hydrogen-bond donors (Lipinski definition) is 1. The van der Waals surface area contributed by atoms with Gasteiger partial charge in [0, 0.05) is 26.4 Å². The summed E-state index contributed by atoms with van der Waals surface area (Å²) in [5.41, 5.74) is 0.665. The highest BCUT2D eigenvalue weighted by atomic mass is 32.2. The first-order valence-electron chi connectivity index (χ1n) is 7.31. The van der Waals surface area contributed by atoms with Crippen molar-refractivity contribution in [2.75, 3.05) is 26.8 Å². The number of hydrogen-bond acceptors (Lipinski definition) is 4. The predicted molar refractivity (Wildman–Crippen MR) is 81.0 cm³/mol. The molecule has 0 unspecified atom stereocenters. The van der Waals surface area contributed by atoms with Crippen LogP contribution in [0.1, 0.15) is 37.4 Å². The molecule has 0 bridgehead atoms. The molecule has 1 atom stereocenters. The van der Waals surface area contributed by atoms with E-state index in [9.17, 15) is 8.42 Å². The van der Waals surface area contributed by atoms with E-state index in [4.69, 9.17) is 4.74 Å². The van der Waals surface area contributed by atoms with Gasteiger partial charge < -0.3 is 4.74 Å². The van der Waals surface area contributed by atoms with Crippen molar-refractivity contribution in [1.82, 2.24) is 14.0 Å². The maximum Gasteiger partial charge on any atom is 0.280 e. The Hall–Kier alpha value is -1.02. The standard InChI is InChI=1S/C14H23N3O3S/c1-20-12-14(13-8-4-5-9-15-13)16-21(18,19)17-10-6-2-3-7-11-17/h4-5,8-9,14,16H,2-3,6-7,10-12H2,1H3/t14-/m1/s1. The monoisotopic (exact) mass is 313 g/mol. The fourth-order valence-electron chi connectivity index (χ4n) is 2.46. The van der Waals surface area contributed by atoms with Gasteiger partial charge in [-0.2, -0.15) is 17.4 Å². The molecule has 1 saturated heterocycles. The highest BCUT2D eigenvalue weighted by molar-refractivity contribution is 7.87. The van der Waals surface area contributed by atoms with Crippen molar-refractivity contribution in [3.63, 3.8) is 0 Å². The van der Waals surface area contributed by atoms with E-state index in [1.165, 1.54) is 4.31 Å². The third kappa shape index (κ3) is 4.74. The molecule has 0 aromatic carbocycles. The van der Waals surface area contributed by atoms with Crippen molar-refractivity contribution < 1.29 is 13.2 Å². The van der Waals surface area contributed by atoms with Crippen LogP contribution in [0.4, 0.5) is 0 Å². The molecule has 1 N–H and O–H groups in total. The smallest absolute Gasteiger partial charge is 0.280 e. The Kier molecular flexibility index (Phi) is 6.10. The second-order valence-electron chi connectivity index (χ2n) is 5.20. The molecule has 0 amide bonds. The maximum atomic E-state index is 12.5. The zero-order valence-corrected chi connectivity index (χ0v) is 13.2. The minimum absolute atomic E-state index is 0.254. The van der Waals surface area contributed by atoms with Crippen LogP contribution >= 0.6 is 0 Å². The molecule has 118 valence electrons. The lowest BCUT2D eigenvalue weighted by Crippen LogP contribution is -2.44. The highest BCUT2D eigenvalue weighted by Crippen LogP contribution is 2.16. The van der Waals surface area contributed by atoms with Crippen LogP contribution < -0.4 is 4.72 Å². The molecule has 2 heterocycles. The number of pyridine rings is 1. The number of nitrogens with zero attached hydrogens (tertiary/aromatic N) is 2. The topological polar surface area (TPSA) is 71.5 Å². The minimum atomic E-state index is -3.51.